The van der Waals surface area contributed by atoms with E-state index in [0.29, 0.717) is 12.2 Å². The van der Waals surface area contributed by atoms with Crippen molar-refractivity contribution in [2.75, 3.05) is 34.6 Å². The van der Waals surface area contributed by atoms with Gasteiger partial charge in [-0.1, -0.05) is 0 Å². The highest BCUT2D eigenvalue weighted by Crippen LogP contribution is 2.25. The minimum Gasteiger partial charge on any atom is -0.395 e. The predicted octanol–water partition coefficient (Wildman–Crippen LogP) is 0.651. The number of carbonyl (C=O) groups is 1. The van der Waals surface area contributed by atoms with Gasteiger partial charge in [0.25, 0.3) is 0 Å². The largest absolute Gasteiger partial charge is 0.395 e. The van der Waals surface area contributed by atoms with E-state index in [4.69, 9.17) is 5.11 Å². The number of anilines is 4. The van der Waals surface area contributed by atoms with E-state index in [1.54, 1.807) is 6.07 Å². The van der Waals surface area contributed by atoms with E-state index in [1.807, 2.05) is 47.8 Å². The van der Waals surface area contributed by atoms with Crippen molar-refractivity contribution < 1.29 is 14.5 Å². The maximum absolute atomic E-state index is 11.2. The second-order valence-electron chi connectivity index (χ2n) is 5.19. The number of benzene rings is 1. The summed E-state index contributed by atoms with van der Waals surface area (Å²) in [6, 6.07) is 5.46. The van der Waals surface area contributed by atoms with Crippen molar-refractivity contribution in [1.82, 2.24) is 4.57 Å². The molecule has 8 heteroatoms. The van der Waals surface area contributed by atoms with E-state index >= 15 is 0 Å². The summed E-state index contributed by atoms with van der Waals surface area (Å²) in [4.78, 5) is 11.2. The highest BCUT2D eigenvalue weighted by Gasteiger charge is 2.12. The number of hydrazine groups is 1. The van der Waals surface area contributed by atoms with E-state index in [1.165, 1.54) is 6.92 Å². The molecular weight excluding hydrogens is 296 g/mol. The lowest BCUT2D eigenvalue weighted by Gasteiger charge is -2.14. The summed E-state index contributed by atoms with van der Waals surface area (Å²) >= 11 is 0. The minimum absolute atomic E-state index is 0.0348. The lowest BCUT2D eigenvalue weighted by molar-refractivity contribution is -0.656. The van der Waals surface area contributed by atoms with Gasteiger partial charge in [0.1, 0.15) is 0 Å². The molecule has 0 fully saturated rings. The van der Waals surface area contributed by atoms with Gasteiger partial charge < -0.3 is 15.7 Å². The average molecular weight is 319 g/mol. The molecule has 23 heavy (non-hydrogen) atoms. The van der Waals surface area contributed by atoms with Crippen LogP contribution in [-0.4, -0.2) is 28.7 Å². The zero-order chi connectivity index (χ0) is 16.8. The normalized spacial score (nSPS) is 10.3. The molecule has 1 aromatic heterocycles. The molecule has 0 saturated carbocycles. The Labute approximate surface area is 135 Å². The van der Waals surface area contributed by atoms with Crippen molar-refractivity contribution in [3.63, 3.8) is 0 Å². The first-order valence-electron chi connectivity index (χ1n) is 7.30. The van der Waals surface area contributed by atoms with E-state index in [-0.39, 0.29) is 12.5 Å². The van der Waals surface area contributed by atoms with Crippen LogP contribution in [0.3, 0.4) is 0 Å². The number of rotatable bonds is 7. The van der Waals surface area contributed by atoms with Crippen LogP contribution in [-0.2, 0) is 18.9 Å². The molecule has 0 unspecified atom stereocenters. The molecule has 0 bridgehead atoms. The average Bonchev–Trinajstić information content (AvgIpc) is 2.82. The quantitative estimate of drug-likeness (QED) is 0.382. The molecule has 2 rings (SSSR count). The van der Waals surface area contributed by atoms with Crippen LogP contribution in [0.15, 0.2) is 30.6 Å². The van der Waals surface area contributed by atoms with Crippen molar-refractivity contribution in [3.05, 3.63) is 30.6 Å². The molecule has 124 valence electrons. The standard InChI is InChI=1S/C15H22N6O2/c1-11(23)17-12-4-5-13(16-6-9-22)14(10-12)18-19-15-20(2)7-8-21(15)3/h4-5,7-8,10,16,18,22H,6,9H2,1-3H3,(H,17,23)/p+1. The number of carbonyl (C=O) groups excluding carboxylic acids is 1. The Morgan fingerprint density at radius 1 is 1.30 bits per heavy atom. The van der Waals surface area contributed by atoms with Crippen LogP contribution in [0.1, 0.15) is 6.92 Å². The van der Waals surface area contributed by atoms with Gasteiger partial charge >= 0.3 is 5.95 Å². The first kappa shape index (κ1) is 16.6. The summed E-state index contributed by atoms with van der Waals surface area (Å²) in [5, 5.41) is 14.9. The molecule has 5 N–H and O–H groups in total. The van der Waals surface area contributed by atoms with Gasteiger partial charge in [-0.25, -0.2) is 14.6 Å². The first-order chi connectivity index (χ1) is 11.0. The number of aryl methyl sites for hydroxylation is 2. The van der Waals surface area contributed by atoms with Gasteiger partial charge in [0.05, 0.1) is 44.5 Å². The van der Waals surface area contributed by atoms with Crippen LogP contribution in [0.2, 0.25) is 0 Å². The van der Waals surface area contributed by atoms with Gasteiger partial charge in [0.2, 0.25) is 5.91 Å². The molecule has 1 aromatic carbocycles. The minimum atomic E-state index is -0.131. The number of imidazole rings is 1. The summed E-state index contributed by atoms with van der Waals surface area (Å²) < 4.78 is 3.87. The summed E-state index contributed by atoms with van der Waals surface area (Å²) in [5.41, 5.74) is 8.53. The Morgan fingerprint density at radius 3 is 2.70 bits per heavy atom. The zero-order valence-corrected chi connectivity index (χ0v) is 13.6. The Kier molecular flexibility index (Phi) is 5.42. The fourth-order valence-electron chi connectivity index (χ4n) is 2.16. The van der Waals surface area contributed by atoms with Gasteiger partial charge in [-0.2, -0.15) is 5.43 Å². The molecule has 0 radical (unpaired) electrons. The number of nitrogens with zero attached hydrogens (tertiary/aromatic N) is 2. The van der Waals surface area contributed by atoms with Crippen molar-refractivity contribution in [1.29, 1.82) is 0 Å². The van der Waals surface area contributed by atoms with Crippen LogP contribution >= 0.6 is 0 Å². The monoisotopic (exact) mass is 319 g/mol. The molecule has 0 spiro atoms. The summed E-state index contributed by atoms with van der Waals surface area (Å²) in [6.07, 6.45) is 3.87. The van der Waals surface area contributed by atoms with Gasteiger partial charge in [0, 0.05) is 19.2 Å². The van der Waals surface area contributed by atoms with Crippen molar-refractivity contribution in [2.24, 2.45) is 14.1 Å². The SMILES string of the molecule is CC(=O)Nc1ccc(NCCO)c(NNc2n(C)cc[n+]2C)c1. The van der Waals surface area contributed by atoms with Gasteiger partial charge in [-0.3, -0.25) is 4.79 Å². The third-order valence-electron chi connectivity index (χ3n) is 3.26. The van der Waals surface area contributed by atoms with Crippen LogP contribution in [0.4, 0.5) is 23.0 Å². The summed E-state index contributed by atoms with van der Waals surface area (Å²) in [5.74, 6) is 0.733. The van der Waals surface area contributed by atoms with Gasteiger partial charge in [-0.15, -0.1) is 0 Å². The zero-order valence-electron chi connectivity index (χ0n) is 13.6. The second kappa shape index (κ2) is 7.50. The lowest BCUT2D eigenvalue weighted by atomic mass is 10.2. The molecule has 0 aliphatic heterocycles. The number of amides is 1. The van der Waals surface area contributed by atoms with Crippen molar-refractivity contribution in [3.8, 4) is 0 Å². The Morgan fingerprint density at radius 2 is 2.09 bits per heavy atom. The molecular formula is C15H23N6O2+. The smallest absolute Gasteiger partial charge is 0.378 e. The van der Waals surface area contributed by atoms with Crippen LogP contribution in [0, 0.1) is 0 Å². The van der Waals surface area contributed by atoms with E-state index < -0.39 is 0 Å². The number of aromatic nitrogens is 2. The predicted molar refractivity (Wildman–Crippen MR) is 90.2 cm³/mol. The molecule has 0 aliphatic rings. The first-order valence-corrected chi connectivity index (χ1v) is 7.30. The third-order valence-corrected chi connectivity index (χ3v) is 3.26. The van der Waals surface area contributed by atoms with Crippen LogP contribution in [0.5, 0.6) is 0 Å². The number of hydrogen-bond donors (Lipinski definition) is 5. The highest BCUT2D eigenvalue weighted by atomic mass is 16.3. The summed E-state index contributed by atoms with van der Waals surface area (Å²) in [6.45, 7) is 1.94. The molecule has 8 nitrogen and oxygen atoms in total. The van der Waals surface area contributed by atoms with Gasteiger partial charge in [-0.05, 0) is 18.2 Å². The topological polar surface area (TPSA) is 94.2 Å². The van der Waals surface area contributed by atoms with Gasteiger partial charge in [0.15, 0.2) is 0 Å². The lowest BCUT2D eigenvalue weighted by Crippen LogP contribution is -2.32. The molecule has 0 aliphatic carbocycles. The Bertz CT molecular complexity index is 663. The van der Waals surface area contributed by atoms with Crippen molar-refractivity contribution in [2.45, 2.75) is 6.92 Å². The van der Waals surface area contributed by atoms with Crippen LogP contribution in [0.25, 0.3) is 0 Å². The Hall–Kier alpha value is -2.74. The number of aliphatic hydroxyl groups excluding tert-OH is 1. The van der Waals surface area contributed by atoms with Crippen molar-refractivity contribution >= 4 is 28.9 Å². The fourth-order valence-corrected chi connectivity index (χ4v) is 2.16. The summed E-state index contributed by atoms with van der Waals surface area (Å²) in [7, 11) is 3.87. The maximum Gasteiger partial charge on any atom is 0.378 e. The molecule has 1 heterocycles. The number of hydrogen-bond acceptors (Lipinski definition) is 5. The number of aliphatic hydroxyl groups is 1. The van der Waals surface area contributed by atoms with E-state index in [0.717, 1.165) is 17.3 Å². The molecule has 0 atom stereocenters. The Balaban J connectivity index is 2.20. The fraction of sp³-hybridized carbons (Fsp3) is 0.333. The molecule has 2 aromatic rings. The van der Waals surface area contributed by atoms with E-state index in [9.17, 15) is 4.79 Å². The third kappa shape index (κ3) is 4.36. The van der Waals surface area contributed by atoms with E-state index in [2.05, 4.69) is 21.5 Å². The molecule has 0 saturated heterocycles. The second-order valence-corrected chi connectivity index (χ2v) is 5.19. The number of nitrogens with one attached hydrogen (secondary N) is 4. The molecule has 1 amide bonds. The highest BCUT2D eigenvalue weighted by molar-refractivity contribution is 5.90. The maximum atomic E-state index is 11.2. The van der Waals surface area contributed by atoms with Crippen LogP contribution < -0.4 is 26.1 Å².